The molecule has 1 aliphatic rings. The van der Waals surface area contributed by atoms with E-state index < -0.39 is 0 Å². The summed E-state index contributed by atoms with van der Waals surface area (Å²) in [5, 5.41) is 3.52. The summed E-state index contributed by atoms with van der Waals surface area (Å²) in [6, 6.07) is 15.6. The van der Waals surface area contributed by atoms with Crippen LogP contribution in [0.2, 0.25) is 0 Å². The van der Waals surface area contributed by atoms with E-state index in [0.29, 0.717) is 12.0 Å². The number of hydrogen-bond donors (Lipinski definition) is 1. The van der Waals surface area contributed by atoms with Crippen molar-refractivity contribution < 1.29 is 0 Å². The van der Waals surface area contributed by atoms with Gasteiger partial charge in [0.2, 0.25) is 0 Å². The Morgan fingerprint density at radius 1 is 1.20 bits per heavy atom. The third kappa shape index (κ3) is 2.75. The van der Waals surface area contributed by atoms with E-state index in [9.17, 15) is 0 Å². The van der Waals surface area contributed by atoms with E-state index in [-0.39, 0.29) is 0 Å². The Hall–Kier alpha value is -1.67. The molecule has 3 rings (SSSR count). The van der Waals surface area contributed by atoms with Crippen LogP contribution in [-0.2, 0) is 12.8 Å². The van der Waals surface area contributed by atoms with Crippen molar-refractivity contribution in [2.75, 3.05) is 7.05 Å². The average Bonchev–Trinajstić information content (AvgIpc) is 2.93. The fourth-order valence-electron chi connectivity index (χ4n) is 3.35. The predicted octanol–water partition coefficient (Wildman–Crippen LogP) is 3.33. The summed E-state index contributed by atoms with van der Waals surface area (Å²) in [6.07, 6.45) is 6.64. The van der Waals surface area contributed by atoms with Crippen LogP contribution in [0, 0.1) is 0 Å². The van der Waals surface area contributed by atoms with Gasteiger partial charge in [-0.3, -0.25) is 4.98 Å². The molecule has 1 N–H and O–H groups in total. The topological polar surface area (TPSA) is 24.9 Å². The van der Waals surface area contributed by atoms with E-state index in [0.717, 1.165) is 6.42 Å². The molecule has 20 heavy (non-hydrogen) atoms. The Morgan fingerprint density at radius 3 is 2.85 bits per heavy atom. The Kier molecular flexibility index (Phi) is 4.12. The Morgan fingerprint density at radius 2 is 2.05 bits per heavy atom. The molecule has 2 aromatic rings. The van der Waals surface area contributed by atoms with E-state index in [2.05, 4.69) is 59.8 Å². The van der Waals surface area contributed by atoms with Gasteiger partial charge in [0.1, 0.15) is 0 Å². The molecule has 1 heterocycles. The summed E-state index contributed by atoms with van der Waals surface area (Å²) < 4.78 is 0. The van der Waals surface area contributed by atoms with E-state index >= 15 is 0 Å². The van der Waals surface area contributed by atoms with Crippen LogP contribution in [0.25, 0.3) is 0 Å². The van der Waals surface area contributed by atoms with Gasteiger partial charge in [-0.05, 0) is 49.9 Å². The molecule has 0 aliphatic heterocycles. The van der Waals surface area contributed by atoms with Crippen molar-refractivity contribution in [1.82, 2.24) is 10.3 Å². The van der Waals surface area contributed by atoms with Crippen molar-refractivity contribution in [2.24, 2.45) is 0 Å². The van der Waals surface area contributed by atoms with Gasteiger partial charge in [-0.15, -0.1) is 0 Å². The summed E-state index contributed by atoms with van der Waals surface area (Å²) in [5.41, 5.74) is 4.18. The maximum Gasteiger partial charge on any atom is 0.0482 e. The average molecular weight is 266 g/mol. The van der Waals surface area contributed by atoms with Crippen LogP contribution in [0.15, 0.2) is 48.7 Å². The van der Waals surface area contributed by atoms with Gasteiger partial charge in [0, 0.05) is 23.9 Å². The second-order valence-corrected chi connectivity index (χ2v) is 5.61. The Balaban J connectivity index is 1.69. The van der Waals surface area contributed by atoms with Crippen LogP contribution in [-0.4, -0.2) is 18.1 Å². The molecule has 1 aromatic carbocycles. The number of benzene rings is 1. The zero-order valence-corrected chi connectivity index (χ0v) is 12.0. The number of likely N-dealkylation sites (N-methyl/N-ethyl adjacent to an activating group) is 1. The third-order valence-corrected chi connectivity index (χ3v) is 4.45. The number of aryl methyl sites for hydroxylation is 2. The number of fused-ring (bicyclic) bond motifs is 1. The summed E-state index contributed by atoms with van der Waals surface area (Å²) in [6.45, 7) is 0. The SMILES string of the molecule is CNC(CCc1ccccc1)C1CCc2cccnc21. The molecule has 2 heteroatoms. The summed E-state index contributed by atoms with van der Waals surface area (Å²) in [4.78, 5) is 4.62. The van der Waals surface area contributed by atoms with Crippen LogP contribution >= 0.6 is 0 Å². The first kappa shape index (κ1) is 13.3. The first-order chi connectivity index (χ1) is 9.88. The number of pyridine rings is 1. The monoisotopic (exact) mass is 266 g/mol. The van der Waals surface area contributed by atoms with Gasteiger partial charge in [-0.2, -0.15) is 0 Å². The predicted molar refractivity (Wildman–Crippen MR) is 82.9 cm³/mol. The second-order valence-electron chi connectivity index (χ2n) is 5.61. The van der Waals surface area contributed by atoms with Gasteiger partial charge in [-0.1, -0.05) is 36.4 Å². The lowest BCUT2D eigenvalue weighted by Crippen LogP contribution is -2.32. The van der Waals surface area contributed by atoms with Gasteiger partial charge in [0.05, 0.1) is 0 Å². The number of aromatic nitrogens is 1. The molecule has 2 unspecified atom stereocenters. The van der Waals surface area contributed by atoms with Crippen molar-refractivity contribution in [3.05, 3.63) is 65.5 Å². The van der Waals surface area contributed by atoms with Gasteiger partial charge >= 0.3 is 0 Å². The highest BCUT2D eigenvalue weighted by Gasteiger charge is 2.29. The standard InChI is InChI=1S/C18H22N2/c1-19-17(12-9-14-6-3-2-4-7-14)16-11-10-15-8-5-13-20-18(15)16/h2-8,13,16-17,19H,9-12H2,1H3. The molecule has 0 saturated carbocycles. The highest BCUT2D eigenvalue weighted by Crippen LogP contribution is 2.34. The molecule has 2 nitrogen and oxygen atoms in total. The Bertz CT molecular complexity index is 550. The minimum Gasteiger partial charge on any atom is -0.316 e. The zero-order valence-electron chi connectivity index (χ0n) is 12.0. The molecule has 1 aliphatic carbocycles. The largest absolute Gasteiger partial charge is 0.316 e. The van der Waals surface area contributed by atoms with Crippen LogP contribution in [0.4, 0.5) is 0 Å². The highest BCUT2D eigenvalue weighted by atomic mass is 14.9. The lowest BCUT2D eigenvalue weighted by Gasteiger charge is -2.23. The molecule has 104 valence electrons. The highest BCUT2D eigenvalue weighted by molar-refractivity contribution is 5.30. The minimum atomic E-state index is 0.520. The number of nitrogens with one attached hydrogen (secondary N) is 1. The lowest BCUT2D eigenvalue weighted by molar-refractivity contribution is 0.427. The van der Waals surface area contributed by atoms with Crippen LogP contribution in [0.5, 0.6) is 0 Å². The van der Waals surface area contributed by atoms with Gasteiger partial charge in [-0.25, -0.2) is 0 Å². The maximum atomic E-state index is 4.62. The molecule has 2 atom stereocenters. The number of nitrogens with zero attached hydrogens (tertiary/aromatic N) is 1. The lowest BCUT2D eigenvalue weighted by atomic mass is 9.92. The first-order valence-electron chi connectivity index (χ1n) is 7.53. The molecule has 1 aromatic heterocycles. The summed E-state index contributed by atoms with van der Waals surface area (Å²) in [5.74, 6) is 0.569. The van der Waals surface area contributed by atoms with Crippen LogP contribution in [0.1, 0.15) is 35.6 Å². The minimum absolute atomic E-state index is 0.520. The Labute approximate surface area is 121 Å². The third-order valence-electron chi connectivity index (χ3n) is 4.45. The normalized spacial score (nSPS) is 18.8. The number of rotatable bonds is 5. The molecule has 0 spiro atoms. The van der Waals surface area contributed by atoms with E-state index in [4.69, 9.17) is 0 Å². The van der Waals surface area contributed by atoms with Crippen molar-refractivity contribution >= 4 is 0 Å². The van der Waals surface area contributed by atoms with Gasteiger partial charge in [0.15, 0.2) is 0 Å². The molecule has 0 bridgehead atoms. The molecule has 0 radical (unpaired) electrons. The molecular formula is C18H22N2. The van der Waals surface area contributed by atoms with E-state index in [1.165, 1.54) is 36.1 Å². The second kappa shape index (κ2) is 6.19. The molecular weight excluding hydrogens is 244 g/mol. The maximum absolute atomic E-state index is 4.62. The van der Waals surface area contributed by atoms with E-state index in [1.807, 2.05) is 6.20 Å². The van der Waals surface area contributed by atoms with Crippen LogP contribution < -0.4 is 5.32 Å². The molecule has 0 saturated heterocycles. The van der Waals surface area contributed by atoms with Crippen molar-refractivity contribution in [3.8, 4) is 0 Å². The molecule has 0 amide bonds. The molecule has 0 fully saturated rings. The van der Waals surface area contributed by atoms with E-state index in [1.54, 1.807) is 0 Å². The smallest absolute Gasteiger partial charge is 0.0482 e. The van der Waals surface area contributed by atoms with Crippen LogP contribution in [0.3, 0.4) is 0 Å². The number of hydrogen-bond acceptors (Lipinski definition) is 2. The first-order valence-corrected chi connectivity index (χ1v) is 7.53. The fraction of sp³-hybridized carbons (Fsp3) is 0.389. The van der Waals surface area contributed by atoms with Crippen molar-refractivity contribution in [1.29, 1.82) is 0 Å². The quantitative estimate of drug-likeness (QED) is 0.898. The van der Waals surface area contributed by atoms with Gasteiger partial charge in [0.25, 0.3) is 0 Å². The summed E-state index contributed by atoms with van der Waals surface area (Å²) >= 11 is 0. The summed E-state index contributed by atoms with van der Waals surface area (Å²) in [7, 11) is 2.08. The van der Waals surface area contributed by atoms with Gasteiger partial charge < -0.3 is 5.32 Å². The van der Waals surface area contributed by atoms with Crippen molar-refractivity contribution in [3.63, 3.8) is 0 Å². The zero-order chi connectivity index (χ0) is 13.8. The fourth-order valence-corrected chi connectivity index (χ4v) is 3.35. The van der Waals surface area contributed by atoms with Crippen molar-refractivity contribution in [2.45, 2.75) is 37.6 Å².